The van der Waals surface area contributed by atoms with E-state index in [2.05, 4.69) is 46.4 Å². The number of halogens is 2. The Bertz CT molecular complexity index is 610. The van der Waals surface area contributed by atoms with Crippen LogP contribution in [-0.2, 0) is 6.42 Å². The molecule has 0 aliphatic carbocycles. The molecule has 0 aromatic heterocycles. The van der Waals surface area contributed by atoms with Gasteiger partial charge < -0.3 is 5.32 Å². The van der Waals surface area contributed by atoms with E-state index < -0.39 is 0 Å². The molecule has 1 nitrogen and oxygen atoms in total. The Kier molecular flexibility index (Phi) is 4.95. The molecule has 1 unspecified atom stereocenters. The van der Waals surface area contributed by atoms with Crippen LogP contribution in [0.5, 0.6) is 0 Å². The van der Waals surface area contributed by atoms with Crippen molar-refractivity contribution in [1.82, 2.24) is 5.32 Å². The minimum absolute atomic E-state index is 0.157. The van der Waals surface area contributed by atoms with Crippen molar-refractivity contribution in [2.75, 3.05) is 7.05 Å². The Morgan fingerprint density at radius 3 is 2.60 bits per heavy atom. The zero-order valence-electron chi connectivity index (χ0n) is 12.0. The summed E-state index contributed by atoms with van der Waals surface area (Å²) in [5.74, 6) is -0.177. The standard InChI is InChI=1S/C17H19BrFN/c1-11-7-8-14(19)9-13(11)10-16(20-3)15-6-4-5-12(2)17(15)18/h4-9,16,20H,10H2,1-3H3. The first kappa shape index (κ1) is 15.2. The lowest BCUT2D eigenvalue weighted by Gasteiger charge is -2.20. The number of likely N-dealkylation sites (N-methyl/N-ethyl adjacent to an activating group) is 1. The van der Waals surface area contributed by atoms with E-state index in [9.17, 15) is 4.39 Å². The average molecular weight is 336 g/mol. The van der Waals surface area contributed by atoms with E-state index in [1.54, 1.807) is 6.07 Å². The maximum Gasteiger partial charge on any atom is 0.123 e. The van der Waals surface area contributed by atoms with E-state index >= 15 is 0 Å². The highest BCUT2D eigenvalue weighted by molar-refractivity contribution is 9.10. The van der Waals surface area contributed by atoms with Gasteiger partial charge in [0.25, 0.3) is 0 Å². The summed E-state index contributed by atoms with van der Waals surface area (Å²) in [6.45, 7) is 4.10. The molecule has 2 aromatic rings. The average Bonchev–Trinajstić information content (AvgIpc) is 2.43. The Morgan fingerprint density at radius 2 is 1.90 bits per heavy atom. The quantitative estimate of drug-likeness (QED) is 0.853. The van der Waals surface area contributed by atoms with Crippen molar-refractivity contribution in [3.8, 4) is 0 Å². The van der Waals surface area contributed by atoms with Gasteiger partial charge in [-0.1, -0.05) is 40.2 Å². The first-order chi connectivity index (χ1) is 9.52. The first-order valence-corrected chi connectivity index (χ1v) is 7.49. The van der Waals surface area contributed by atoms with Gasteiger partial charge in [-0.3, -0.25) is 0 Å². The van der Waals surface area contributed by atoms with Crippen LogP contribution in [0.3, 0.4) is 0 Å². The molecule has 3 heteroatoms. The SMILES string of the molecule is CNC(Cc1cc(F)ccc1C)c1cccc(C)c1Br. The van der Waals surface area contributed by atoms with Crippen LogP contribution < -0.4 is 5.32 Å². The van der Waals surface area contributed by atoms with Gasteiger partial charge in [0.05, 0.1) is 0 Å². The summed E-state index contributed by atoms with van der Waals surface area (Å²) in [4.78, 5) is 0. The van der Waals surface area contributed by atoms with Crippen molar-refractivity contribution in [3.05, 3.63) is 68.9 Å². The van der Waals surface area contributed by atoms with Crippen molar-refractivity contribution >= 4 is 15.9 Å². The molecule has 0 saturated carbocycles. The normalized spacial score (nSPS) is 12.4. The third-order valence-corrected chi connectivity index (χ3v) is 4.76. The highest BCUT2D eigenvalue weighted by Gasteiger charge is 2.15. The summed E-state index contributed by atoms with van der Waals surface area (Å²) in [5.41, 5.74) is 4.57. The molecule has 0 aliphatic rings. The zero-order valence-corrected chi connectivity index (χ0v) is 13.6. The molecule has 2 aromatic carbocycles. The van der Waals surface area contributed by atoms with Gasteiger partial charge in [0.2, 0.25) is 0 Å². The third-order valence-electron chi connectivity index (χ3n) is 3.68. The van der Waals surface area contributed by atoms with Crippen LogP contribution in [0, 0.1) is 19.7 Å². The topological polar surface area (TPSA) is 12.0 Å². The molecule has 20 heavy (non-hydrogen) atoms. The molecule has 0 heterocycles. The number of hydrogen-bond donors (Lipinski definition) is 1. The summed E-state index contributed by atoms with van der Waals surface area (Å²) in [6.07, 6.45) is 0.766. The smallest absolute Gasteiger partial charge is 0.123 e. The van der Waals surface area contributed by atoms with Crippen LogP contribution in [-0.4, -0.2) is 7.05 Å². The fourth-order valence-corrected chi connectivity index (χ4v) is 2.93. The van der Waals surface area contributed by atoms with E-state index in [0.717, 1.165) is 22.0 Å². The van der Waals surface area contributed by atoms with E-state index in [1.807, 2.05) is 20.0 Å². The second-order valence-corrected chi connectivity index (χ2v) is 5.89. The molecule has 0 aliphatic heterocycles. The summed E-state index contributed by atoms with van der Waals surface area (Å²) >= 11 is 3.65. The molecule has 2 rings (SSSR count). The van der Waals surface area contributed by atoms with Crippen molar-refractivity contribution in [1.29, 1.82) is 0 Å². The molecule has 1 atom stereocenters. The molecule has 0 radical (unpaired) electrons. The summed E-state index contributed by atoms with van der Waals surface area (Å²) in [7, 11) is 1.94. The molecule has 0 bridgehead atoms. The van der Waals surface area contributed by atoms with Crippen LogP contribution in [0.4, 0.5) is 4.39 Å². The molecular formula is C17H19BrFN. The number of rotatable bonds is 4. The Balaban J connectivity index is 2.34. The maximum atomic E-state index is 13.4. The number of aryl methyl sites for hydroxylation is 2. The van der Waals surface area contributed by atoms with Crippen LogP contribution in [0.1, 0.15) is 28.3 Å². The van der Waals surface area contributed by atoms with Crippen LogP contribution in [0.25, 0.3) is 0 Å². The van der Waals surface area contributed by atoms with Crippen molar-refractivity contribution in [3.63, 3.8) is 0 Å². The Hall–Kier alpha value is -1.19. The van der Waals surface area contributed by atoms with Gasteiger partial charge in [0.15, 0.2) is 0 Å². The summed E-state index contributed by atoms with van der Waals surface area (Å²) in [6, 6.07) is 11.4. The van der Waals surface area contributed by atoms with E-state index in [4.69, 9.17) is 0 Å². The Labute approximate surface area is 128 Å². The largest absolute Gasteiger partial charge is 0.313 e. The van der Waals surface area contributed by atoms with Gasteiger partial charge in [0.1, 0.15) is 5.82 Å². The third kappa shape index (κ3) is 3.28. The zero-order chi connectivity index (χ0) is 14.7. The van der Waals surface area contributed by atoms with Crippen LogP contribution in [0.15, 0.2) is 40.9 Å². The first-order valence-electron chi connectivity index (χ1n) is 6.70. The minimum atomic E-state index is -0.177. The molecule has 0 amide bonds. The van der Waals surface area contributed by atoms with Gasteiger partial charge in [-0.2, -0.15) is 0 Å². The summed E-state index contributed by atoms with van der Waals surface area (Å²) in [5, 5.41) is 3.33. The van der Waals surface area contributed by atoms with Crippen molar-refractivity contribution < 1.29 is 4.39 Å². The second-order valence-electron chi connectivity index (χ2n) is 5.09. The maximum absolute atomic E-state index is 13.4. The predicted molar refractivity (Wildman–Crippen MR) is 85.5 cm³/mol. The van der Waals surface area contributed by atoms with Gasteiger partial charge >= 0.3 is 0 Å². The number of hydrogen-bond acceptors (Lipinski definition) is 1. The van der Waals surface area contributed by atoms with Crippen LogP contribution >= 0.6 is 15.9 Å². The molecule has 0 fully saturated rings. The van der Waals surface area contributed by atoms with E-state index in [-0.39, 0.29) is 11.9 Å². The minimum Gasteiger partial charge on any atom is -0.313 e. The van der Waals surface area contributed by atoms with E-state index in [0.29, 0.717) is 0 Å². The summed E-state index contributed by atoms with van der Waals surface area (Å²) < 4.78 is 14.5. The molecule has 1 N–H and O–H groups in total. The fourth-order valence-electron chi connectivity index (χ4n) is 2.39. The molecular weight excluding hydrogens is 317 g/mol. The lowest BCUT2D eigenvalue weighted by atomic mass is 9.95. The van der Waals surface area contributed by atoms with Gasteiger partial charge in [0, 0.05) is 10.5 Å². The fraction of sp³-hybridized carbons (Fsp3) is 0.294. The number of nitrogens with one attached hydrogen (secondary N) is 1. The molecule has 106 valence electrons. The molecule has 0 saturated heterocycles. The monoisotopic (exact) mass is 335 g/mol. The highest BCUT2D eigenvalue weighted by atomic mass is 79.9. The Morgan fingerprint density at radius 1 is 1.15 bits per heavy atom. The predicted octanol–water partition coefficient (Wildman–Crippen LogP) is 4.71. The van der Waals surface area contributed by atoms with Crippen LogP contribution in [0.2, 0.25) is 0 Å². The second kappa shape index (κ2) is 6.51. The van der Waals surface area contributed by atoms with Crippen molar-refractivity contribution in [2.24, 2.45) is 0 Å². The van der Waals surface area contributed by atoms with Gasteiger partial charge in [-0.25, -0.2) is 4.39 Å². The lowest BCUT2D eigenvalue weighted by Crippen LogP contribution is -2.20. The lowest BCUT2D eigenvalue weighted by molar-refractivity contribution is 0.580. The van der Waals surface area contributed by atoms with Crippen molar-refractivity contribution in [2.45, 2.75) is 26.3 Å². The number of benzene rings is 2. The molecule has 0 spiro atoms. The van der Waals surface area contributed by atoms with E-state index in [1.165, 1.54) is 17.2 Å². The highest BCUT2D eigenvalue weighted by Crippen LogP contribution is 2.29. The van der Waals surface area contributed by atoms with Gasteiger partial charge in [-0.05, 0) is 61.7 Å². The van der Waals surface area contributed by atoms with Gasteiger partial charge in [-0.15, -0.1) is 0 Å².